The van der Waals surface area contributed by atoms with Crippen molar-refractivity contribution in [1.29, 1.82) is 0 Å². The molecule has 0 bridgehead atoms. The number of aryl methyl sites for hydroxylation is 1. The monoisotopic (exact) mass is 304 g/mol. The number of nitrogens with zero attached hydrogens (tertiary/aromatic N) is 2. The van der Waals surface area contributed by atoms with E-state index in [0.29, 0.717) is 5.02 Å². The molecule has 1 aliphatic carbocycles. The summed E-state index contributed by atoms with van der Waals surface area (Å²) in [6, 6.07) is 7.53. The highest BCUT2D eigenvalue weighted by atomic mass is 35.5. The van der Waals surface area contributed by atoms with Gasteiger partial charge < -0.3 is 9.67 Å². The van der Waals surface area contributed by atoms with Crippen molar-refractivity contribution < 1.29 is 5.11 Å². The molecule has 1 aromatic heterocycles. The van der Waals surface area contributed by atoms with Gasteiger partial charge in [0, 0.05) is 24.5 Å². The minimum Gasteiger partial charge on any atom is -0.377 e. The summed E-state index contributed by atoms with van der Waals surface area (Å²) in [4.78, 5) is 4.44. The van der Waals surface area contributed by atoms with E-state index in [4.69, 9.17) is 11.6 Å². The fraction of sp³-hybridized carbons (Fsp3) is 0.471. The maximum Gasteiger partial charge on any atom is 0.150 e. The van der Waals surface area contributed by atoms with Gasteiger partial charge in [0.05, 0.1) is 0 Å². The Bertz CT molecular complexity index is 602. The number of hydrogen-bond donors (Lipinski definition) is 1. The predicted molar refractivity (Wildman–Crippen MR) is 84.2 cm³/mol. The van der Waals surface area contributed by atoms with Crippen molar-refractivity contribution in [2.24, 2.45) is 13.0 Å². The van der Waals surface area contributed by atoms with Crippen LogP contribution in [0.3, 0.4) is 0 Å². The van der Waals surface area contributed by atoms with Crippen LogP contribution in [0.4, 0.5) is 0 Å². The third kappa shape index (κ3) is 2.60. The molecule has 0 saturated heterocycles. The van der Waals surface area contributed by atoms with Crippen LogP contribution in [0, 0.1) is 5.92 Å². The van der Waals surface area contributed by atoms with Gasteiger partial charge in [0.15, 0.2) is 0 Å². The van der Waals surface area contributed by atoms with E-state index < -0.39 is 5.60 Å². The maximum atomic E-state index is 11.6. The maximum absolute atomic E-state index is 11.6. The first-order valence-electron chi connectivity index (χ1n) is 7.58. The Kier molecular flexibility index (Phi) is 4.05. The van der Waals surface area contributed by atoms with E-state index in [2.05, 4.69) is 4.98 Å². The molecule has 1 aliphatic rings. The molecule has 4 heteroatoms. The molecule has 0 spiro atoms. The van der Waals surface area contributed by atoms with Crippen molar-refractivity contribution in [2.75, 3.05) is 0 Å². The van der Waals surface area contributed by atoms with Gasteiger partial charge in [0.25, 0.3) is 0 Å². The average Bonchev–Trinajstić information content (AvgIpc) is 2.95. The Balaban J connectivity index is 2.09. The Hall–Kier alpha value is -1.32. The molecule has 1 heterocycles. The topological polar surface area (TPSA) is 38.0 Å². The highest BCUT2D eigenvalue weighted by Gasteiger charge is 2.43. The summed E-state index contributed by atoms with van der Waals surface area (Å²) in [5, 5.41) is 12.3. The molecule has 21 heavy (non-hydrogen) atoms. The van der Waals surface area contributed by atoms with Gasteiger partial charge in [-0.15, -0.1) is 0 Å². The molecular formula is C17H21ClN2O. The van der Waals surface area contributed by atoms with Crippen molar-refractivity contribution in [3.05, 3.63) is 53.1 Å². The molecule has 1 atom stereocenters. The third-order valence-electron chi connectivity index (χ3n) is 4.64. The molecule has 3 rings (SSSR count). The van der Waals surface area contributed by atoms with Crippen LogP contribution in [0.2, 0.25) is 5.02 Å². The van der Waals surface area contributed by atoms with Gasteiger partial charge in [-0.05, 0) is 36.5 Å². The van der Waals surface area contributed by atoms with Gasteiger partial charge >= 0.3 is 0 Å². The quantitative estimate of drug-likeness (QED) is 0.934. The fourth-order valence-electron chi connectivity index (χ4n) is 3.50. The first kappa shape index (κ1) is 14.6. The standard InChI is InChI=1S/C17H21ClN2O/c1-20-12-11-19-16(20)17(21,13-5-3-2-4-6-13)14-7-9-15(18)10-8-14/h7-13,21H,2-6H2,1H3. The molecule has 1 aromatic carbocycles. The van der Waals surface area contributed by atoms with Gasteiger partial charge in [-0.1, -0.05) is 43.0 Å². The van der Waals surface area contributed by atoms with E-state index in [1.807, 2.05) is 42.1 Å². The number of imidazole rings is 1. The molecule has 1 fully saturated rings. The Morgan fingerprint density at radius 3 is 2.43 bits per heavy atom. The number of aliphatic hydroxyl groups is 1. The van der Waals surface area contributed by atoms with E-state index in [-0.39, 0.29) is 5.92 Å². The van der Waals surface area contributed by atoms with E-state index in [9.17, 15) is 5.11 Å². The lowest BCUT2D eigenvalue weighted by molar-refractivity contribution is -0.0105. The summed E-state index contributed by atoms with van der Waals surface area (Å²) in [6.07, 6.45) is 9.31. The average molecular weight is 305 g/mol. The van der Waals surface area contributed by atoms with Crippen LogP contribution in [0.5, 0.6) is 0 Å². The largest absolute Gasteiger partial charge is 0.377 e. The van der Waals surface area contributed by atoms with E-state index >= 15 is 0 Å². The summed E-state index contributed by atoms with van der Waals surface area (Å²) in [6.45, 7) is 0. The number of benzene rings is 1. The lowest BCUT2D eigenvalue weighted by Gasteiger charge is -2.38. The molecular weight excluding hydrogens is 284 g/mol. The Labute approximate surface area is 130 Å². The van der Waals surface area contributed by atoms with Crippen LogP contribution in [0.15, 0.2) is 36.7 Å². The highest BCUT2D eigenvalue weighted by Crippen LogP contribution is 2.43. The third-order valence-corrected chi connectivity index (χ3v) is 4.89. The SMILES string of the molecule is Cn1ccnc1C(O)(c1ccc(Cl)cc1)C1CCCCC1. The summed E-state index contributed by atoms with van der Waals surface area (Å²) < 4.78 is 1.92. The van der Waals surface area contributed by atoms with Crippen molar-refractivity contribution in [2.45, 2.75) is 37.7 Å². The number of hydrogen-bond acceptors (Lipinski definition) is 2. The van der Waals surface area contributed by atoms with Crippen molar-refractivity contribution in [3.63, 3.8) is 0 Å². The molecule has 3 nitrogen and oxygen atoms in total. The highest BCUT2D eigenvalue weighted by molar-refractivity contribution is 6.30. The molecule has 1 unspecified atom stereocenters. The van der Waals surface area contributed by atoms with Crippen LogP contribution < -0.4 is 0 Å². The minimum absolute atomic E-state index is 0.202. The second kappa shape index (κ2) is 5.82. The van der Waals surface area contributed by atoms with Crippen LogP contribution in [-0.2, 0) is 12.6 Å². The van der Waals surface area contributed by atoms with Crippen molar-refractivity contribution in [1.82, 2.24) is 9.55 Å². The van der Waals surface area contributed by atoms with Crippen LogP contribution in [0.25, 0.3) is 0 Å². The van der Waals surface area contributed by atoms with Gasteiger partial charge in [-0.2, -0.15) is 0 Å². The molecule has 1 N–H and O–H groups in total. The van der Waals surface area contributed by atoms with Crippen LogP contribution >= 0.6 is 11.6 Å². The van der Waals surface area contributed by atoms with Gasteiger partial charge in [-0.25, -0.2) is 4.98 Å². The van der Waals surface area contributed by atoms with E-state index in [1.54, 1.807) is 6.20 Å². The normalized spacial score (nSPS) is 19.4. The van der Waals surface area contributed by atoms with Crippen molar-refractivity contribution >= 4 is 11.6 Å². The summed E-state index contributed by atoms with van der Waals surface area (Å²) in [5.41, 5.74) is -0.156. The number of halogens is 1. The first-order chi connectivity index (χ1) is 10.1. The number of aromatic nitrogens is 2. The van der Waals surface area contributed by atoms with E-state index in [0.717, 1.165) is 24.2 Å². The van der Waals surface area contributed by atoms with Gasteiger partial charge in [0.2, 0.25) is 0 Å². The molecule has 0 aliphatic heterocycles. The second-order valence-corrected chi connectivity index (χ2v) is 6.41. The summed E-state index contributed by atoms with van der Waals surface area (Å²) in [7, 11) is 1.94. The number of rotatable bonds is 3. The minimum atomic E-state index is -1.04. The van der Waals surface area contributed by atoms with Crippen LogP contribution in [-0.4, -0.2) is 14.7 Å². The molecule has 0 radical (unpaired) electrons. The molecule has 2 aromatic rings. The lowest BCUT2D eigenvalue weighted by atomic mass is 9.73. The van der Waals surface area contributed by atoms with Gasteiger partial charge in [0.1, 0.15) is 11.4 Å². The zero-order valence-electron chi connectivity index (χ0n) is 12.3. The second-order valence-electron chi connectivity index (χ2n) is 5.97. The molecule has 112 valence electrons. The van der Waals surface area contributed by atoms with Crippen LogP contribution in [0.1, 0.15) is 43.5 Å². The zero-order chi connectivity index (χ0) is 14.9. The Morgan fingerprint density at radius 2 is 1.86 bits per heavy atom. The Morgan fingerprint density at radius 1 is 1.19 bits per heavy atom. The zero-order valence-corrected chi connectivity index (χ0v) is 13.1. The first-order valence-corrected chi connectivity index (χ1v) is 7.96. The predicted octanol–water partition coefficient (Wildman–Crippen LogP) is 3.89. The fourth-order valence-corrected chi connectivity index (χ4v) is 3.63. The lowest BCUT2D eigenvalue weighted by Crippen LogP contribution is -2.40. The summed E-state index contributed by atoms with van der Waals surface area (Å²) in [5.74, 6) is 0.922. The van der Waals surface area contributed by atoms with E-state index in [1.165, 1.54) is 19.3 Å². The molecule has 0 amide bonds. The van der Waals surface area contributed by atoms with Gasteiger partial charge in [-0.3, -0.25) is 0 Å². The summed E-state index contributed by atoms with van der Waals surface area (Å²) >= 11 is 6.00. The van der Waals surface area contributed by atoms with Crippen molar-refractivity contribution in [3.8, 4) is 0 Å². The molecule has 1 saturated carbocycles. The smallest absolute Gasteiger partial charge is 0.150 e.